The largest absolute Gasteiger partial charge is 0.354 e. The third kappa shape index (κ3) is 3.96. The number of carbonyl (C=O) groups is 1. The summed E-state index contributed by atoms with van der Waals surface area (Å²) < 4.78 is 3.02. The van der Waals surface area contributed by atoms with Crippen LogP contribution in [0.5, 0.6) is 0 Å². The molecule has 0 spiro atoms. The number of hydrogen-bond donors (Lipinski definition) is 1. The van der Waals surface area contributed by atoms with E-state index in [0.717, 1.165) is 22.6 Å². The molecule has 8 nitrogen and oxygen atoms in total. The second-order valence-electron chi connectivity index (χ2n) is 6.59. The van der Waals surface area contributed by atoms with Crippen LogP contribution in [0.15, 0.2) is 35.1 Å². The van der Waals surface area contributed by atoms with Gasteiger partial charge in [-0.05, 0) is 38.0 Å². The van der Waals surface area contributed by atoms with Gasteiger partial charge in [0.25, 0.3) is 5.56 Å². The lowest BCUT2D eigenvalue weighted by molar-refractivity contribution is -0.122. The van der Waals surface area contributed by atoms with E-state index >= 15 is 0 Å². The van der Waals surface area contributed by atoms with Crippen LogP contribution in [0.25, 0.3) is 10.9 Å². The number of rotatable bonds is 6. The molecular weight excluding hydrogens is 332 g/mol. The van der Waals surface area contributed by atoms with Crippen molar-refractivity contribution in [1.82, 2.24) is 30.1 Å². The molecule has 0 fully saturated rings. The number of fused-ring (bicyclic) bond motifs is 1. The van der Waals surface area contributed by atoms with Gasteiger partial charge in [0.15, 0.2) is 0 Å². The summed E-state index contributed by atoms with van der Waals surface area (Å²) in [5.41, 5.74) is 2.28. The van der Waals surface area contributed by atoms with Crippen molar-refractivity contribution in [2.75, 3.05) is 6.54 Å². The number of amides is 1. The standard InChI is InChI=1S/C18H22N6O2/c1-12(10-23-14(3)8-13(2)21-23)9-19-17(25)11-24-18(26)15-6-4-5-7-16(15)20-22-24/h4-8,12H,9-11H2,1-3H3,(H,19,25). The van der Waals surface area contributed by atoms with Gasteiger partial charge in [0.1, 0.15) is 12.1 Å². The van der Waals surface area contributed by atoms with Crippen molar-refractivity contribution in [3.05, 3.63) is 52.1 Å². The summed E-state index contributed by atoms with van der Waals surface area (Å²) in [7, 11) is 0. The van der Waals surface area contributed by atoms with Crippen LogP contribution in [-0.4, -0.2) is 37.2 Å². The van der Waals surface area contributed by atoms with Crippen molar-refractivity contribution < 1.29 is 4.79 Å². The summed E-state index contributed by atoms with van der Waals surface area (Å²) in [5, 5.41) is 15.5. The van der Waals surface area contributed by atoms with Crippen LogP contribution in [0.3, 0.4) is 0 Å². The van der Waals surface area contributed by atoms with Crippen LogP contribution in [0, 0.1) is 19.8 Å². The van der Waals surface area contributed by atoms with Crippen LogP contribution in [-0.2, 0) is 17.9 Å². The summed E-state index contributed by atoms with van der Waals surface area (Å²) in [6.45, 7) is 7.07. The number of benzene rings is 1. The van der Waals surface area contributed by atoms with Gasteiger partial charge in [0.05, 0.1) is 11.1 Å². The van der Waals surface area contributed by atoms with E-state index in [1.165, 1.54) is 0 Å². The summed E-state index contributed by atoms with van der Waals surface area (Å²) in [6.07, 6.45) is 0. The van der Waals surface area contributed by atoms with E-state index in [2.05, 4.69) is 20.7 Å². The highest BCUT2D eigenvalue weighted by Crippen LogP contribution is 2.06. The smallest absolute Gasteiger partial charge is 0.278 e. The topological polar surface area (TPSA) is 94.7 Å². The van der Waals surface area contributed by atoms with E-state index in [0.29, 0.717) is 17.4 Å². The van der Waals surface area contributed by atoms with Crippen molar-refractivity contribution >= 4 is 16.8 Å². The fourth-order valence-corrected chi connectivity index (χ4v) is 2.83. The minimum atomic E-state index is -0.318. The molecule has 1 atom stereocenters. The van der Waals surface area contributed by atoms with Gasteiger partial charge in [-0.25, -0.2) is 4.68 Å². The Morgan fingerprint density at radius 1 is 1.23 bits per heavy atom. The molecule has 0 radical (unpaired) electrons. The van der Waals surface area contributed by atoms with Crippen molar-refractivity contribution in [1.29, 1.82) is 0 Å². The lowest BCUT2D eigenvalue weighted by atomic mass is 10.2. The normalized spacial score (nSPS) is 12.3. The lowest BCUT2D eigenvalue weighted by Gasteiger charge is -2.14. The second-order valence-corrected chi connectivity index (χ2v) is 6.59. The van der Waals surface area contributed by atoms with Gasteiger partial charge in [-0.3, -0.25) is 14.3 Å². The molecule has 2 aromatic heterocycles. The van der Waals surface area contributed by atoms with Crippen LogP contribution in [0.1, 0.15) is 18.3 Å². The van der Waals surface area contributed by atoms with Gasteiger partial charge in [-0.1, -0.05) is 24.3 Å². The maximum Gasteiger partial charge on any atom is 0.278 e. The van der Waals surface area contributed by atoms with Gasteiger partial charge < -0.3 is 5.32 Å². The fraction of sp³-hybridized carbons (Fsp3) is 0.389. The van der Waals surface area contributed by atoms with Crippen LogP contribution >= 0.6 is 0 Å². The van der Waals surface area contributed by atoms with Crippen molar-refractivity contribution in [2.45, 2.75) is 33.9 Å². The second kappa shape index (κ2) is 7.47. The molecule has 0 aliphatic heterocycles. The Bertz CT molecular complexity index is 991. The molecule has 136 valence electrons. The molecule has 0 saturated heterocycles. The molecule has 0 aliphatic carbocycles. The maximum absolute atomic E-state index is 12.4. The monoisotopic (exact) mass is 354 g/mol. The summed E-state index contributed by atoms with van der Waals surface area (Å²) in [4.78, 5) is 24.5. The Hall–Kier alpha value is -3.03. The van der Waals surface area contributed by atoms with Crippen LogP contribution in [0.4, 0.5) is 0 Å². The van der Waals surface area contributed by atoms with Crippen molar-refractivity contribution in [3.8, 4) is 0 Å². The Balaban J connectivity index is 1.58. The van der Waals surface area contributed by atoms with E-state index < -0.39 is 0 Å². The van der Waals surface area contributed by atoms with Gasteiger partial charge in [-0.2, -0.15) is 5.10 Å². The van der Waals surface area contributed by atoms with Crippen molar-refractivity contribution in [3.63, 3.8) is 0 Å². The van der Waals surface area contributed by atoms with Crippen LogP contribution < -0.4 is 10.9 Å². The Morgan fingerprint density at radius 3 is 2.73 bits per heavy atom. The summed E-state index contributed by atoms with van der Waals surface area (Å²) in [5.74, 6) is -0.0618. The minimum absolute atomic E-state index is 0.150. The first kappa shape index (κ1) is 17.8. The molecule has 1 amide bonds. The molecule has 26 heavy (non-hydrogen) atoms. The quantitative estimate of drug-likeness (QED) is 0.714. The first-order chi connectivity index (χ1) is 12.4. The number of hydrogen-bond acceptors (Lipinski definition) is 5. The molecule has 1 aromatic carbocycles. The predicted molar refractivity (Wildman–Crippen MR) is 97.7 cm³/mol. The molecule has 0 saturated carbocycles. The fourth-order valence-electron chi connectivity index (χ4n) is 2.83. The number of nitrogens with one attached hydrogen (secondary N) is 1. The molecule has 3 rings (SSSR count). The molecule has 0 aliphatic rings. The highest BCUT2D eigenvalue weighted by molar-refractivity contribution is 5.78. The number of carbonyl (C=O) groups excluding carboxylic acids is 1. The van der Waals surface area contributed by atoms with Gasteiger partial charge >= 0.3 is 0 Å². The molecular formula is C18H22N6O2. The first-order valence-electron chi connectivity index (χ1n) is 8.54. The zero-order chi connectivity index (χ0) is 18.7. The Kier molecular flexibility index (Phi) is 5.11. The molecule has 0 bridgehead atoms. The number of nitrogens with zero attached hydrogens (tertiary/aromatic N) is 5. The number of aryl methyl sites for hydroxylation is 2. The molecule has 1 unspecified atom stereocenters. The van der Waals surface area contributed by atoms with E-state index in [1.807, 2.05) is 31.5 Å². The van der Waals surface area contributed by atoms with Gasteiger partial charge in [0.2, 0.25) is 5.91 Å². The highest BCUT2D eigenvalue weighted by Gasteiger charge is 2.12. The van der Waals surface area contributed by atoms with Gasteiger partial charge in [-0.15, -0.1) is 5.10 Å². The Labute approximate surface area is 150 Å². The maximum atomic E-state index is 12.4. The highest BCUT2D eigenvalue weighted by atomic mass is 16.2. The molecule has 1 N–H and O–H groups in total. The summed E-state index contributed by atoms with van der Waals surface area (Å²) in [6, 6.07) is 8.97. The molecule has 3 aromatic rings. The van der Waals surface area contributed by atoms with Crippen molar-refractivity contribution in [2.24, 2.45) is 5.92 Å². The third-order valence-electron chi connectivity index (χ3n) is 4.16. The zero-order valence-corrected chi connectivity index (χ0v) is 15.1. The van der Waals surface area contributed by atoms with Gasteiger partial charge in [0, 0.05) is 18.8 Å². The SMILES string of the molecule is Cc1cc(C)n(CC(C)CNC(=O)Cn2nnc3ccccc3c2=O)n1. The lowest BCUT2D eigenvalue weighted by Crippen LogP contribution is -2.36. The van der Waals surface area contributed by atoms with E-state index in [-0.39, 0.29) is 23.9 Å². The number of aromatic nitrogens is 5. The van der Waals surface area contributed by atoms with E-state index in [4.69, 9.17) is 0 Å². The zero-order valence-electron chi connectivity index (χ0n) is 15.1. The summed E-state index contributed by atoms with van der Waals surface area (Å²) >= 11 is 0. The minimum Gasteiger partial charge on any atom is -0.354 e. The van der Waals surface area contributed by atoms with E-state index in [1.54, 1.807) is 24.3 Å². The average molecular weight is 354 g/mol. The Morgan fingerprint density at radius 2 is 2.00 bits per heavy atom. The predicted octanol–water partition coefficient (Wildman–Crippen LogP) is 1.06. The molecule has 8 heteroatoms. The average Bonchev–Trinajstić information content (AvgIpc) is 2.93. The first-order valence-corrected chi connectivity index (χ1v) is 8.54. The molecule has 2 heterocycles. The third-order valence-corrected chi connectivity index (χ3v) is 4.16. The van der Waals surface area contributed by atoms with E-state index in [9.17, 15) is 9.59 Å². The van der Waals surface area contributed by atoms with Crippen LogP contribution in [0.2, 0.25) is 0 Å².